The largest absolute Gasteiger partial charge is 0.494 e. The van der Waals surface area contributed by atoms with E-state index in [0.29, 0.717) is 0 Å². The summed E-state index contributed by atoms with van der Waals surface area (Å²) in [6.45, 7) is 7.29. The molecule has 0 aromatic heterocycles. The predicted octanol–water partition coefficient (Wildman–Crippen LogP) is 2.23. The van der Waals surface area contributed by atoms with Gasteiger partial charge in [-0.15, -0.1) is 0 Å². The number of benzene rings is 1. The summed E-state index contributed by atoms with van der Waals surface area (Å²) in [7, 11) is 0. The van der Waals surface area contributed by atoms with Crippen LogP contribution in [0.1, 0.15) is 31.4 Å². The van der Waals surface area contributed by atoms with Crippen LogP contribution in [0.3, 0.4) is 0 Å². The minimum Gasteiger partial charge on any atom is -0.494 e. The summed E-state index contributed by atoms with van der Waals surface area (Å²) in [5.41, 5.74) is 0.960. The molecule has 1 atom stereocenters. The maximum atomic E-state index is 10.2. The lowest BCUT2D eigenvalue weighted by Crippen LogP contribution is -2.37. The first-order chi connectivity index (χ1) is 9.79. The Labute approximate surface area is 121 Å². The van der Waals surface area contributed by atoms with E-state index in [4.69, 9.17) is 9.47 Å². The molecule has 0 aliphatic carbocycles. The van der Waals surface area contributed by atoms with E-state index in [1.165, 1.54) is 0 Å². The molecule has 0 saturated carbocycles. The highest BCUT2D eigenvalue weighted by Gasteiger charge is 2.13. The van der Waals surface area contributed by atoms with Crippen LogP contribution in [-0.4, -0.2) is 49.5 Å². The van der Waals surface area contributed by atoms with Gasteiger partial charge in [0.05, 0.1) is 25.9 Å². The van der Waals surface area contributed by atoms with E-state index in [-0.39, 0.29) is 0 Å². The fraction of sp³-hybridized carbons (Fsp3) is 0.625. The van der Waals surface area contributed by atoms with Crippen LogP contribution in [0.5, 0.6) is 5.75 Å². The van der Waals surface area contributed by atoms with Gasteiger partial charge in [-0.05, 0) is 30.5 Å². The SMILES string of the molecule is CCCOc1ccc(C(O)CCN2CCOCC2)cc1. The van der Waals surface area contributed by atoms with Gasteiger partial charge in [0.25, 0.3) is 0 Å². The summed E-state index contributed by atoms with van der Waals surface area (Å²) >= 11 is 0. The number of aliphatic hydroxyl groups is 1. The Kier molecular flexibility index (Phi) is 6.30. The van der Waals surface area contributed by atoms with Crippen LogP contribution in [0.4, 0.5) is 0 Å². The van der Waals surface area contributed by atoms with Crippen LogP contribution >= 0.6 is 0 Å². The van der Waals surface area contributed by atoms with E-state index in [2.05, 4.69) is 11.8 Å². The molecule has 2 rings (SSSR count). The van der Waals surface area contributed by atoms with Crippen LogP contribution in [0.15, 0.2) is 24.3 Å². The monoisotopic (exact) mass is 279 g/mol. The molecule has 0 spiro atoms. The summed E-state index contributed by atoms with van der Waals surface area (Å²) in [6.07, 6.45) is 1.36. The van der Waals surface area contributed by atoms with Crippen molar-refractivity contribution in [2.75, 3.05) is 39.5 Å². The molecule has 112 valence electrons. The van der Waals surface area contributed by atoms with Gasteiger partial charge in [-0.1, -0.05) is 19.1 Å². The molecule has 1 aliphatic rings. The third kappa shape index (κ3) is 4.78. The molecule has 4 nitrogen and oxygen atoms in total. The molecule has 0 amide bonds. The van der Waals surface area contributed by atoms with Gasteiger partial charge >= 0.3 is 0 Å². The van der Waals surface area contributed by atoms with Gasteiger partial charge in [-0.2, -0.15) is 0 Å². The molecule has 1 aromatic rings. The van der Waals surface area contributed by atoms with Crippen molar-refractivity contribution in [2.24, 2.45) is 0 Å². The first-order valence-corrected chi connectivity index (χ1v) is 7.50. The van der Waals surface area contributed by atoms with Crippen molar-refractivity contribution >= 4 is 0 Å². The second kappa shape index (κ2) is 8.25. The lowest BCUT2D eigenvalue weighted by Gasteiger charge is -2.27. The Morgan fingerprint density at radius 1 is 1.25 bits per heavy atom. The average Bonchev–Trinajstić information content (AvgIpc) is 2.52. The van der Waals surface area contributed by atoms with Crippen LogP contribution < -0.4 is 4.74 Å². The van der Waals surface area contributed by atoms with Crippen molar-refractivity contribution in [3.05, 3.63) is 29.8 Å². The van der Waals surface area contributed by atoms with Gasteiger partial charge in [0.1, 0.15) is 5.75 Å². The maximum absolute atomic E-state index is 10.2. The molecule has 1 fully saturated rings. The molecule has 1 aliphatic heterocycles. The van der Waals surface area contributed by atoms with Gasteiger partial charge in [0.15, 0.2) is 0 Å². The number of hydrogen-bond acceptors (Lipinski definition) is 4. The zero-order valence-corrected chi connectivity index (χ0v) is 12.3. The Morgan fingerprint density at radius 2 is 1.95 bits per heavy atom. The Balaban J connectivity index is 1.77. The van der Waals surface area contributed by atoms with Gasteiger partial charge in [-0.3, -0.25) is 4.90 Å². The van der Waals surface area contributed by atoms with E-state index in [1.54, 1.807) is 0 Å². The standard InChI is InChI=1S/C16H25NO3/c1-2-11-20-15-5-3-14(4-6-15)16(18)7-8-17-9-12-19-13-10-17/h3-6,16,18H,2,7-13H2,1H3. The van der Waals surface area contributed by atoms with E-state index < -0.39 is 6.10 Å². The topological polar surface area (TPSA) is 41.9 Å². The third-order valence-corrected chi connectivity index (χ3v) is 3.56. The van der Waals surface area contributed by atoms with Crippen LogP contribution in [0.2, 0.25) is 0 Å². The van der Waals surface area contributed by atoms with E-state index in [9.17, 15) is 5.11 Å². The maximum Gasteiger partial charge on any atom is 0.119 e. The Morgan fingerprint density at radius 3 is 2.60 bits per heavy atom. The number of aliphatic hydroxyl groups excluding tert-OH is 1. The molecule has 4 heteroatoms. The summed E-state index contributed by atoms with van der Waals surface area (Å²) < 4.78 is 10.9. The first-order valence-electron chi connectivity index (χ1n) is 7.50. The molecule has 1 heterocycles. The molecule has 1 saturated heterocycles. The van der Waals surface area contributed by atoms with E-state index in [0.717, 1.165) is 63.6 Å². The second-order valence-corrected chi connectivity index (χ2v) is 5.18. The van der Waals surface area contributed by atoms with Crippen molar-refractivity contribution in [3.8, 4) is 5.75 Å². The molecule has 0 bridgehead atoms. The first kappa shape index (κ1) is 15.3. The van der Waals surface area contributed by atoms with Gasteiger partial charge in [0, 0.05) is 19.6 Å². The van der Waals surface area contributed by atoms with Crippen LogP contribution in [0, 0.1) is 0 Å². The van der Waals surface area contributed by atoms with Crippen LogP contribution in [0.25, 0.3) is 0 Å². The molecule has 1 N–H and O–H groups in total. The number of hydrogen-bond donors (Lipinski definition) is 1. The highest BCUT2D eigenvalue weighted by Crippen LogP contribution is 2.20. The average molecular weight is 279 g/mol. The lowest BCUT2D eigenvalue weighted by atomic mass is 10.1. The molecule has 20 heavy (non-hydrogen) atoms. The Hall–Kier alpha value is -1.10. The highest BCUT2D eigenvalue weighted by atomic mass is 16.5. The quantitative estimate of drug-likeness (QED) is 0.831. The fourth-order valence-electron chi connectivity index (χ4n) is 2.30. The zero-order valence-electron chi connectivity index (χ0n) is 12.3. The van der Waals surface area contributed by atoms with Crippen LogP contribution in [-0.2, 0) is 4.74 Å². The zero-order chi connectivity index (χ0) is 14.2. The molecule has 1 unspecified atom stereocenters. The number of morpholine rings is 1. The summed E-state index contributed by atoms with van der Waals surface area (Å²) in [6, 6.07) is 7.77. The normalized spacial score (nSPS) is 17.9. The summed E-state index contributed by atoms with van der Waals surface area (Å²) in [5.74, 6) is 0.871. The van der Waals surface area contributed by atoms with Crippen molar-refractivity contribution in [1.82, 2.24) is 4.90 Å². The summed E-state index contributed by atoms with van der Waals surface area (Å²) in [5, 5.41) is 10.2. The van der Waals surface area contributed by atoms with Crippen molar-refractivity contribution < 1.29 is 14.6 Å². The van der Waals surface area contributed by atoms with Crippen molar-refractivity contribution in [1.29, 1.82) is 0 Å². The lowest BCUT2D eigenvalue weighted by molar-refractivity contribution is 0.0300. The van der Waals surface area contributed by atoms with Gasteiger partial charge < -0.3 is 14.6 Å². The van der Waals surface area contributed by atoms with Gasteiger partial charge in [-0.25, -0.2) is 0 Å². The van der Waals surface area contributed by atoms with Gasteiger partial charge in [0.2, 0.25) is 0 Å². The van der Waals surface area contributed by atoms with Crippen molar-refractivity contribution in [2.45, 2.75) is 25.9 Å². The van der Waals surface area contributed by atoms with Crippen molar-refractivity contribution in [3.63, 3.8) is 0 Å². The molecular formula is C16H25NO3. The number of rotatable bonds is 7. The minimum absolute atomic E-state index is 0.405. The highest BCUT2D eigenvalue weighted by molar-refractivity contribution is 5.28. The smallest absolute Gasteiger partial charge is 0.119 e. The molecular weight excluding hydrogens is 254 g/mol. The molecule has 0 radical (unpaired) electrons. The number of ether oxygens (including phenoxy) is 2. The minimum atomic E-state index is -0.405. The second-order valence-electron chi connectivity index (χ2n) is 5.18. The third-order valence-electron chi connectivity index (χ3n) is 3.56. The number of nitrogens with zero attached hydrogens (tertiary/aromatic N) is 1. The molecule has 1 aromatic carbocycles. The Bertz CT molecular complexity index is 374. The van der Waals surface area contributed by atoms with E-state index >= 15 is 0 Å². The summed E-state index contributed by atoms with van der Waals surface area (Å²) in [4.78, 5) is 2.34. The predicted molar refractivity (Wildman–Crippen MR) is 79.1 cm³/mol. The fourth-order valence-corrected chi connectivity index (χ4v) is 2.30. The van der Waals surface area contributed by atoms with E-state index in [1.807, 2.05) is 24.3 Å².